The topological polar surface area (TPSA) is 108 Å². The Balaban J connectivity index is 1.75. The third-order valence-electron chi connectivity index (χ3n) is 4.61. The van der Waals surface area contributed by atoms with Gasteiger partial charge in [0.25, 0.3) is 5.69 Å². The number of carbonyl (C=O) groups excluding carboxylic acids is 2. The number of rotatable bonds is 4. The summed E-state index contributed by atoms with van der Waals surface area (Å²) >= 11 is 0. The van der Waals surface area contributed by atoms with Crippen molar-refractivity contribution in [3.63, 3.8) is 0 Å². The van der Waals surface area contributed by atoms with Gasteiger partial charge in [-0.25, -0.2) is 9.69 Å². The molecule has 0 radical (unpaired) electrons. The van der Waals surface area contributed by atoms with Crippen molar-refractivity contribution >= 4 is 29.4 Å². The van der Waals surface area contributed by atoms with Gasteiger partial charge in [-0.05, 0) is 6.07 Å². The predicted molar refractivity (Wildman–Crippen MR) is 103 cm³/mol. The Morgan fingerprint density at radius 3 is 2.86 bits per heavy atom. The third-order valence-corrected chi connectivity index (χ3v) is 4.61. The summed E-state index contributed by atoms with van der Waals surface area (Å²) in [7, 11) is 0. The Labute approximate surface area is 160 Å². The van der Waals surface area contributed by atoms with Crippen LogP contribution in [0.5, 0.6) is 0 Å². The lowest BCUT2D eigenvalue weighted by molar-refractivity contribution is -0.384. The summed E-state index contributed by atoms with van der Waals surface area (Å²) in [4.78, 5) is 43.0. The molecular formula is C19H17N5O4. The maximum Gasteiger partial charge on any atom is 0.331 e. The number of amides is 2. The highest BCUT2D eigenvalue weighted by Gasteiger charge is 2.37. The van der Waals surface area contributed by atoms with Crippen LogP contribution >= 0.6 is 0 Å². The number of ketones is 1. The number of hydrogen-bond acceptors (Lipinski definition) is 6. The minimum atomic E-state index is -0.507. The molecule has 0 unspecified atom stereocenters. The SMILES string of the molecule is O=C1C=C(CN2CC3=C(NCC=C3)N(c3ccccc3[N+](=O)[O-])C2=O)N=CC1. The van der Waals surface area contributed by atoms with Crippen molar-refractivity contribution in [2.24, 2.45) is 4.99 Å². The zero-order valence-corrected chi connectivity index (χ0v) is 14.9. The van der Waals surface area contributed by atoms with Gasteiger partial charge in [0.1, 0.15) is 11.5 Å². The molecule has 9 nitrogen and oxygen atoms in total. The van der Waals surface area contributed by atoms with Crippen LogP contribution in [0.3, 0.4) is 0 Å². The van der Waals surface area contributed by atoms with Gasteiger partial charge in [-0.2, -0.15) is 0 Å². The molecule has 1 N–H and O–H groups in total. The number of anilines is 1. The number of aliphatic imine (C=N–C) groups is 1. The Morgan fingerprint density at radius 1 is 1.25 bits per heavy atom. The van der Waals surface area contributed by atoms with Gasteiger partial charge in [-0.15, -0.1) is 0 Å². The number of carbonyl (C=O) groups is 2. The minimum Gasteiger partial charge on any atom is -0.367 e. The molecule has 0 spiro atoms. The average Bonchev–Trinajstić information content (AvgIpc) is 2.69. The standard InChI is InChI=1S/C19H17N5O4/c25-15-7-9-20-14(10-15)12-22-11-13-4-3-8-21-18(13)23(19(22)26)16-5-1-2-6-17(16)24(27)28/h1-6,9-10,21H,7-8,11-12H2. The van der Waals surface area contributed by atoms with Crippen molar-refractivity contribution in [3.05, 3.63) is 69.7 Å². The lowest BCUT2D eigenvalue weighted by atomic mass is 10.1. The number of benzene rings is 1. The maximum absolute atomic E-state index is 13.3. The van der Waals surface area contributed by atoms with Crippen LogP contribution in [0.1, 0.15) is 6.42 Å². The minimum absolute atomic E-state index is 0.0656. The normalized spacial score (nSPS) is 18.8. The van der Waals surface area contributed by atoms with Gasteiger partial charge in [0.05, 0.1) is 23.7 Å². The summed E-state index contributed by atoms with van der Waals surface area (Å²) in [5.74, 6) is 0.472. The Bertz CT molecular complexity index is 992. The van der Waals surface area contributed by atoms with Crippen LogP contribution in [0.25, 0.3) is 0 Å². The van der Waals surface area contributed by atoms with E-state index >= 15 is 0 Å². The van der Waals surface area contributed by atoms with Crippen LogP contribution in [0.2, 0.25) is 0 Å². The fourth-order valence-corrected chi connectivity index (χ4v) is 3.38. The van der Waals surface area contributed by atoms with Gasteiger partial charge in [-0.1, -0.05) is 24.3 Å². The molecule has 142 valence electrons. The second-order valence-corrected chi connectivity index (χ2v) is 6.49. The summed E-state index contributed by atoms with van der Waals surface area (Å²) in [6.07, 6.45) is 7.03. The first-order valence-corrected chi connectivity index (χ1v) is 8.76. The second kappa shape index (κ2) is 7.10. The molecule has 3 heterocycles. The molecule has 3 aliphatic heterocycles. The molecule has 9 heteroatoms. The maximum atomic E-state index is 13.3. The van der Waals surface area contributed by atoms with E-state index in [1.807, 2.05) is 12.2 Å². The van der Waals surface area contributed by atoms with Gasteiger partial charge in [0.15, 0.2) is 5.78 Å². The van der Waals surface area contributed by atoms with E-state index in [1.54, 1.807) is 18.2 Å². The van der Waals surface area contributed by atoms with E-state index in [9.17, 15) is 19.7 Å². The van der Waals surface area contributed by atoms with Gasteiger partial charge >= 0.3 is 6.03 Å². The fraction of sp³-hybridized carbons (Fsp3) is 0.211. The second-order valence-electron chi connectivity index (χ2n) is 6.49. The number of nitrogens with one attached hydrogen (secondary N) is 1. The summed E-state index contributed by atoms with van der Waals surface area (Å²) in [5.41, 5.74) is 1.35. The monoisotopic (exact) mass is 379 g/mol. The van der Waals surface area contributed by atoms with Crippen LogP contribution < -0.4 is 10.2 Å². The van der Waals surface area contributed by atoms with E-state index in [-0.39, 0.29) is 30.1 Å². The lowest BCUT2D eigenvalue weighted by Crippen LogP contribution is -2.52. The lowest BCUT2D eigenvalue weighted by Gasteiger charge is -2.39. The van der Waals surface area contributed by atoms with Crippen LogP contribution in [-0.2, 0) is 4.79 Å². The third kappa shape index (κ3) is 3.18. The number of nitrogens with zero attached hydrogens (tertiary/aromatic N) is 4. The van der Waals surface area contributed by atoms with Crippen molar-refractivity contribution in [1.82, 2.24) is 10.2 Å². The zero-order chi connectivity index (χ0) is 19.7. The first kappa shape index (κ1) is 17.7. The smallest absolute Gasteiger partial charge is 0.331 e. The van der Waals surface area contributed by atoms with Crippen LogP contribution in [0.4, 0.5) is 16.2 Å². The molecule has 2 amide bonds. The molecule has 0 aliphatic carbocycles. The van der Waals surface area contributed by atoms with Crippen molar-refractivity contribution in [3.8, 4) is 0 Å². The molecule has 3 aliphatic rings. The van der Waals surface area contributed by atoms with Gasteiger partial charge < -0.3 is 10.2 Å². The molecule has 1 aromatic carbocycles. The largest absolute Gasteiger partial charge is 0.367 e. The summed E-state index contributed by atoms with van der Waals surface area (Å²) in [6, 6.07) is 5.72. The number of hydrogen-bond donors (Lipinski definition) is 1. The molecule has 0 saturated carbocycles. The molecule has 28 heavy (non-hydrogen) atoms. The molecule has 0 saturated heterocycles. The quantitative estimate of drug-likeness (QED) is 0.637. The van der Waals surface area contributed by atoms with E-state index < -0.39 is 11.0 Å². The number of nitro groups is 1. The highest BCUT2D eigenvalue weighted by atomic mass is 16.6. The van der Waals surface area contributed by atoms with Crippen molar-refractivity contribution in [2.75, 3.05) is 24.5 Å². The molecular weight excluding hydrogens is 362 g/mol. The summed E-state index contributed by atoms with van der Waals surface area (Å²) < 4.78 is 0. The van der Waals surface area contributed by atoms with E-state index in [2.05, 4.69) is 10.3 Å². The molecule has 0 bridgehead atoms. The predicted octanol–water partition coefficient (Wildman–Crippen LogP) is 2.14. The van der Waals surface area contributed by atoms with E-state index in [0.29, 0.717) is 24.6 Å². The number of allylic oxidation sites excluding steroid dienone is 1. The summed E-state index contributed by atoms with van der Waals surface area (Å²) in [5, 5.41) is 14.7. The molecule has 4 rings (SSSR count). The van der Waals surface area contributed by atoms with Gasteiger partial charge in [0.2, 0.25) is 0 Å². The molecule has 1 aromatic rings. The zero-order valence-electron chi connectivity index (χ0n) is 14.9. The Kier molecular flexibility index (Phi) is 4.48. The van der Waals surface area contributed by atoms with Crippen LogP contribution in [-0.4, -0.2) is 47.5 Å². The highest BCUT2D eigenvalue weighted by molar-refractivity contribution is 6.02. The average molecular weight is 379 g/mol. The number of nitro benzene ring substituents is 1. The van der Waals surface area contributed by atoms with Gasteiger partial charge in [0, 0.05) is 36.9 Å². The summed E-state index contributed by atoms with van der Waals surface area (Å²) in [6.45, 7) is 0.978. The molecule has 0 atom stereocenters. The number of para-hydroxylation sites is 2. The molecule has 0 fully saturated rings. The van der Waals surface area contributed by atoms with Crippen LogP contribution in [0, 0.1) is 10.1 Å². The van der Waals surface area contributed by atoms with E-state index in [1.165, 1.54) is 28.2 Å². The van der Waals surface area contributed by atoms with Crippen LogP contribution in [0.15, 0.2) is 64.6 Å². The van der Waals surface area contributed by atoms with Crippen molar-refractivity contribution < 1.29 is 14.5 Å². The van der Waals surface area contributed by atoms with E-state index in [0.717, 1.165) is 5.57 Å². The van der Waals surface area contributed by atoms with Crippen molar-refractivity contribution in [2.45, 2.75) is 6.42 Å². The number of urea groups is 1. The van der Waals surface area contributed by atoms with E-state index in [4.69, 9.17) is 0 Å². The fourth-order valence-electron chi connectivity index (χ4n) is 3.38. The molecule has 0 aromatic heterocycles. The number of dihydropyridines is 1. The highest BCUT2D eigenvalue weighted by Crippen LogP contribution is 2.34. The first-order chi connectivity index (χ1) is 13.5. The van der Waals surface area contributed by atoms with Crippen molar-refractivity contribution in [1.29, 1.82) is 0 Å². The Morgan fingerprint density at radius 2 is 2.07 bits per heavy atom. The van der Waals surface area contributed by atoms with Gasteiger partial charge in [-0.3, -0.25) is 19.9 Å². The first-order valence-electron chi connectivity index (χ1n) is 8.76. The Hall–Kier alpha value is -3.75.